The van der Waals surface area contributed by atoms with Crippen LogP contribution >= 0.6 is 0 Å². The summed E-state index contributed by atoms with van der Waals surface area (Å²) in [4.78, 5) is 15.7. The van der Waals surface area contributed by atoms with Gasteiger partial charge in [0.25, 0.3) is 0 Å². The minimum absolute atomic E-state index is 0.251. The number of hydrogen-bond acceptors (Lipinski definition) is 5. The number of aromatic nitrogens is 3. The van der Waals surface area contributed by atoms with E-state index in [0.717, 1.165) is 12.1 Å². The van der Waals surface area contributed by atoms with Crippen LogP contribution in [0.25, 0.3) is 10.9 Å². The van der Waals surface area contributed by atoms with Crippen LogP contribution in [0.5, 0.6) is 0 Å². The van der Waals surface area contributed by atoms with Gasteiger partial charge in [0.15, 0.2) is 5.69 Å². The second-order valence-electron chi connectivity index (χ2n) is 3.18. The van der Waals surface area contributed by atoms with E-state index >= 15 is 0 Å². The number of pyridine rings is 1. The number of fused-ring (bicyclic) bond motifs is 1. The molecule has 2 heterocycles. The third kappa shape index (κ3) is 1.58. The van der Waals surface area contributed by atoms with Crippen molar-refractivity contribution >= 4 is 22.7 Å². The summed E-state index contributed by atoms with van der Waals surface area (Å²) in [6.07, 6.45) is 1.65. The van der Waals surface area contributed by atoms with Crippen molar-refractivity contribution in [2.45, 2.75) is 6.92 Å². The molecule has 0 amide bonds. The Hall–Kier alpha value is -2.11. The van der Waals surface area contributed by atoms with Crippen molar-refractivity contribution in [2.24, 2.45) is 0 Å². The summed E-state index contributed by atoms with van der Waals surface area (Å²) in [5.74, 6) is 0.160. The van der Waals surface area contributed by atoms with Crippen molar-refractivity contribution in [2.75, 3.05) is 19.0 Å². The molecule has 6 heteroatoms. The molecular formula is C10H12N4O2. The Morgan fingerprint density at radius 1 is 1.62 bits per heavy atom. The second-order valence-corrected chi connectivity index (χ2v) is 3.18. The van der Waals surface area contributed by atoms with Crippen LogP contribution in [-0.4, -0.2) is 34.8 Å². The molecular weight excluding hydrogens is 208 g/mol. The minimum atomic E-state index is -0.474. The summed E-state index contributed by atoms with van der Waals surface area (Å²) in [6.45, 7) is 2.68. The lowest BCUT2D eigenvalue weighted by Crippen LogP contribution is -2.05. The van der Waals surface area contributed by atoms with E-state index in [-0.39, 0.29) is 5.69 Å². The number of H-pyrrole nitrogens is 1. The maximum Gasteiger partial charge on any atom is 0.359 e. The van der Waals surface area contributed by atoms with Gasteiger partial charge in [0.05, 0.1) is 18.0 Å². The number of anilines is 1. The van der Waals surface area contributed by atoms with Gasteiger partial charge in [-0.25, -0.2) is 9.78 Å². The Kier molecular flexibility index (Phi) is 2.72. The highest BCUT2D eigenvalue weighted by Crippen LogP contribution is 2.23. The molecule has 0 atom stereocenters. The normalized spacial score (nSPS) is 10.4. The quantitative estimate of drug-likeness (QED) is 0.759. The number of carbonyl (C=O) groups is 1. The molecule has 0 bridgehead atoms. The van der Waals surface area contributed by atoms with Crippen molar-refractivity contribution in [3.05, 3.63) is 18.0 Å². The van der Waals surface area contributed by atoms with Crippen LogP contribution in [0.2, 0.25) is 0 Å². The van der Waals surface area contributed by atoms with Crippen molar-refractivity contribution in [1.29, 1.82) is 0 Å². The highest BCUT2D eigenvalue weighted by atomic mass is 16.5. The topological polar surface area (TPSA) is 79.9 Å². The van der Waals surface area contributed by atoms with E-state index in [1.54, 1.807) is 12.3 Å². The molecule has 0 aliphatic rings. The lowest BCUT2D eigenvalue weighted by molar-refractivity contribution is 0.0596. The minimum Gasteiger partial charge on any atom is -0.464 e. The van der Waals surface area contributed by atoms with Crippen LogP contribution in [0.1, 0.15) is 17.4 Å². The van der Waals surface area contributed by atoms with E-state index in [9.17, 15) is 4.79 Å². The summed E-state index contributed by atoms with van der Waals surface area (Å²) in [5.41, 5.74) is 1.01. The third-order valence-corrected chi connectivity index (χ3v) is 2.20. The average molecular weight is 220 g/mol. The molecule has 2 N–H and O–H groups in total. The van der Waals surface area contributed by atoms with Crippen molar-refractivity contribution < 1.29 is 9.53 Å². The Morgan fingerprint density at radius 3 is 3.12 bits per heavy atom. The predicted octanol–water partition coefficient (Wildman–Crippen LogP) is 1.18. The van der Waals surface area contributed by atoms with Gasteiger partial charge >= 0.3 is 5.97 Å². The van der Waals surface area contributed by atoms with Crippen LogP contribution in [0.15, 0.2) is 12.3 Å². The van der Waals surface area contributed by atoms with Crippen molar-refractivity contribution in [1.82, 2.24) is 15.2 Å². The highest BCUT2D eigenvalue weighted by Gasteiger charge is 2.17. The van der Waals surface area contributed by atoms with Gasteiger partial charge in [-0.15, -0.1) is 0 Å². The summed E-state index contributed by atoms with van der Waals surface area (Å²) in [5, 5.41) is 10.4. The van der Waals surface area contributed by atoms with Crippen LogP contribution in [0.3, 0.4) is 0 Å². The zero-order valence-electron chi connectivity index (χ0n) is 9.07. The van der Waals surface area contributed by atoms with E-state index in [4.69, 9.17) is 0 Å². The van der Waals surface area contributed by atoms with Gasteiger partial charge in [-0.2, -0.15) is 5.10 Å². The zero-order chi connectivity index (χ0) is 11.5. The van der Waals surface area contributed by atoms with Gasteiger partial charge in [0.1, 0.15) is 5.82 Å². The molecule has 2 aromatic rings. The molecule has 0 saturated carbocycles. The first-order chi connectivity index (χ1) is 7.77. The number of hydrogen-bond donors (Lipinski definition) is 2. The van der Waals surface area contributed by atoms with Crippen molar-refractivity contribution in [3.8, 4) is 0 Å². The molecule has 0 aromatic carbocycles. The molecule has 84 valence electrons. The number of nitrogens with one attached hydrogen (secondary N) is 2. The first kappa shape index (κ1) is 10.4. The fraction of sp³-hybridized carbons (Fsp3) is 0.300. The molecule has 0 aliphatic carbocycles. The Labute approximate surface area is 92.0 Å². The number of ether oxygens (including phenoxy) is 1. The maximum atomic E-state index is 11.5. The smallest absolute Gasteiger partial charge is 0.359 e. The average Bonchev–Trinajstić information content (AvgIpc) is 2.73. The first-order valence-corrected chi connectivity index (χ1v) is 4.93. The molecule has 0 aliphatic heterocycles. The fourth-order valence-corrected chi connectivity index (χ4v) is 1.51. The monoisotopic (exact) mass is 220 g/mol. The lowest BCUT2D eigenvalue weighted by Gasteiger charge is -2.03. The van der Waals surface area contributed by atoms with E-state index in [0.29, 0.717) is 11.2 Å². The molecule has 0 fully saturated rings. The second kappa shape index (κ2) is 4.18. The van der Waals surface area contributed by atoms with Crippen LogP contribution in [0, 0.1) is 0 Å². The molecule has 0 unspecified atom stereocenters. The van der Waals surface area contributed by atoms with Crippen LogP contribution in [-0.2, 0) is 4.74 Å². The number of aromatic amines is 1. The molecule has 0 saturated heterocycles. The van der Waals surface area contributed by atoms with Gasteiger partial charge in [0, 0.05) is 12.7 Å². The first-order valence-electron chi connectivity index (χ1n) is 4.93. The number of nitrogens with zero attached hydrogens (tertiary/aromatic N) is 2. The van der Waals surface area contributed by atoms with Gasteiger partial charge in [0.2, 0.25) is 0 Å². The molecule has 0 spiro atoms. The zero-order valence-corrected chi connectivity index (χ0v) is 9.07. The van der Waals surface area contributed by atoms with E-state index in [1.807, 2.05) is 6.92 Å². The van der Waals surface area contributed by atoms with Crippen LogP contribution < -0.4 is 5.32 Å². The fourth-order valence-electron chi connectivity index (χ4n) is 1.51. The Morgan fingerprint density at radius 2 is 2.44 bits per heavy atom. The molecule has 0 radical (unpaired) electrons. The molecule has 2 rings (SSSR count). The maximum absolute atomic E-state index is 11.5. The molecule has 2 aromatic heterocycles. The molecule has 16 heavy (non-hydrogen) atoms. The van der Waals surface area contributed by atoms with E-state index < -0.39 is 5.97 Å². The van der Waals surface area contributed by atoms with Gasteiger partial charge in [-0.1, -0.05) is 0 Å². The van der Waals surface area contributed by atoms with Crippen molar-refractivity contribution in [3.63, 3.8) is 0 Å². The largest absolute Gasteiger partial charge is 0.464 e. The van der Waals surface area contributed by atoms with Gasteiger partial charge in [-0.05, 0) is 13.0 Å². The van der Waals surface area contributed by atoms with Crippen LogP contribution in [0.4, 0.5) is 5.82 Å². The highest BCUT2D eigenvalue weighted by molar-refractivity contribution is 6.06. The molecule has 6 nitrogen and oxygen atoms in total. The Bertz CT molecular complexity index is 521. The summed E-state index contributed by atoms with van der Waals surface area (Å²) < 4.78 is 4.66. The lowest BCUT2D eigenvalue weighted by atomic mass is 10.2. The van der Waals surface area contributed by atoms with Gasteiger partial charge in [-0.3, -0.25) is 5.10 Å². The summed E-state index contributed by atoms with van der Waals surface area (Å²) in [7, 11) is 1.33. The number of rotatable bonds is 3. The number of esters is 1. The third-order valence-electron chi connectivity index (χ3n) is 2.20. The Balaban J connectivity index is 2.62. The summed E-state index contributed by atoms with van der Waals surface area (Å²) in [6, 6.07) is 1.76. The van der Waals surface area contributed by atoms with E-state index in [2.05, 4.69) is 25.2 Å². The number of methoxy groups -OCH3 is 1. The number of carbonyl (C=O) groups excluding carboxylic acids is 1. The SMILES string of the molecule is CCNc1nccc2[nH]nc(C(=O)OC)c12. The van der Waals surface area contributed by atoms with Gasteiger partial charge < -0.3 is 10.1 Å². The standard InChI is InChI=1S/C10H12N4O2/c1-3-11-9-7-6(4-5-12-9)13-14-8(7)10(15)16-2/h4-5H,3H2,1-2H3,(H,11,12)(H,13,14). The predicted molar refractivity (Wildman–Crippen MR) is 59.4 cm³/mol. The van der Waals surface area contributed by atoms with E-state index in [1.165, 1.54) is 7.11 Å². The summed E-state index contributed by atoms with van der Waals surface area (Å²) >= 11 is 0.